The predicted molar refractivity (Wildman–Crippen MR) is 20.8 cm³/mol. The van der Waals surface area contributed by atoms with Gasteiger partial charge in [-0.25, -0.2) is 4.79 Å². The molecule has 0 aromatic rings. The van der Waals surface area contributed by atoms with E-state index >= 15 is 0 Å². The molecule has 0 amide bonds. The van der Waals surface area contributed by atoms with E-state index in [0.717, 1.165) is 0 Å². The minimum atomic E-state index is -1.15. The highest BCUT2D eigenvalue weighted by atomic mass is 32.2. The maximum Gasteiger partial charge on any atom is 0.389 e. The van der Waals surface area contributed by atoms with Crippen LogP contribution in [0.1, 0.15) is 0 Å². The Labute approximate surface area is 38.2 Å². The zero-order valence-electron chi connectivity index (χ0n) is 2.71. The normalized spacial score (nSPS) is 7.33. The van der Waals surface area contributed by atoms with Crippen molar-refractivity contribution in [1.82, 2.24) is 0 Å². The third-order valence-electron chi connectivity index (χ3n) is 0.124. The molecule has 0 atom stereocenters. The summed E-state index contributed by atoms with van der Waals surface area (Å²) in [5, 5.41) is 6.51. The Morgan fingerprint density at radius 2 is 2.50 bits per heavy atom. The van der Waals surface area contributed by atoms with Gasteiger partial charge in [-0.15, -0.1) is 4.52 Å². The second-order valence-corrected chi connectivity index (χ2v) is 1.16. The number of carbonyl (C=O) groups is 1. The zero-order chi connectivity index (χ0) is 4.99. The van der Waals surface area contributed by atoms with Crippen molar-refractivity contribution in [3.05, 3.63) is 0 Å². The molecule has 0 saturated carbocycles. The van der Waals surface area contributed by atoms with Crippen LogP contribution in [0.2, 0.25) is 0 Å². The number of carboxylic acid groups (broad SMARTS) is 1. The van der Waals surface area contributed by atoms with Crippen LogP contribution in [0.3, 0.4) is 0 Å². The van der Waals surface area contributed by atoms with Gasteiger partial charge < -0.3 is 5.11 Å². The van der Waals surface area contributed by atoms with E-state index in [1.807, 2.05) is 0 Å². The van der Waals surface area contributed by atoms with Gasteiger partial charge in [0.15, 0.2) is 0 Å². The van der Waals surface area contributed by atoms with Crippen molar-refractivity contribution < 1.29 is 9.90 Å². The van der Waals surface area contributed by atoms with Crippen molar-refractivity contribution in [1.29, 1.82) is 5.53 Å². The Bertz CT molecular complexity index is 71.9. The molecule has 0 aliphatic rings. The first-order valence-electron chi connectivity index (χ1n) is 1.04. The monoisotopic (exact) mass is 106 g/mol. The van der Waals surface area contributed by atoms with Gasteiger partial charge in [0.05, 0.1) is 0 Å². The van der Waals surface area contributed by atoms with Crippen molar-refractivity contribution in [2.75, 3.05) is 0 Å². The van der Waals surface area contributed by atoms with Gasteiger partial charge in [-0.05, 0) is 0 Å². The fourth-order valence-electron chi connectivity index (χ4n) is 0.0390. The lowest BCUT2D eigenvalue weighted by molar-refractivity contribution is 0.222. The third kappa shape index (κ3) is 3.42. The molecule has 0 unspecified atom stereocenters. The zero-order valence-corrected chi connectivity index (χ0v) is 3.53. The molecule has 2 N–H and O–H groups in total. The van der Waals surface area contributed by atoms with Crippen LogP contribution in [0.5, 0.6) is 0 Å². The number of rotatable bonds is 1. The first-order chi connectivity index (χ1) is 2.77. The van der Waals surface area contributed by atoms with Gasteiger partial charge in [-0.2, -0.15) is 5.53 Å². The van der Waals surface area contributed by atoms with Gasteiger partial charge in [0.2, 0.25) is 0 Å². The maximum absolute atomic E-state index is 9.35. The predicted octanol–water partition coefficient (Wildman–Crippen LogP) is 1.34. The summed E-state index contributed by atoms with van der Waals surface area (Å²) in [7, 11) is 0. The van der Waals surface area contributed by atoms with E-state index in [-0.39, 0.29) is 11.9 Å². The van der Waals surface area contributed by atoms with E-state index < -0.39 is 5.30 Å². The lowest BCUT2D eigenvalue weighted by atomic mass is 11.6. The van der Waals surface area contributed by atoms with Crippen LogP contribution in [-0.4, -0.2) is 10.4 Å². The summed E-state index contributed by atoms with van der Waals surface area (Å²) in [4.78, 5) is 9.35. The van der Waals surface area contributed by atoms with Gasteiger partial charge >= 0.3 is 5.30 Å². The molecular weight excluding hydrogens is 104 g/mol. The molecule has 4 nitrogen and oxygen atoms in total. The van der Waals surface area contributed by atoms with Crippen molar-refractivity contribution >= 4 is 17.2 Å². The molecule has 0 fully saturated rings. The molecule has 0 aromatic carbocycles. The van der Waals surface area contributed by atoms with E-state index in [4.69, 9.17) is 10.6 Å². The molecule has 0 aliphatic carbocycles. The Balaban J connectivity index is 3.05. The molecule has 0 rings (SSSR count). The lowest BCUT2D eigenvalue weighted by Gasteiger charge is -1.71. The fourth-order valence-corrected chi connectivity index (χ4v) is 0.117. The quantitative estimate of drug-likeness (QED) is 0.391. The molecule has 0 saturated heterocycles. The van der Waals surface area contributed by atoms with Crippen LogP contribution in [0, 0.1) is 5.53 Å². The molecule has 34 valence electrons. The topological polar surface area (TPSA) is 73.5 Å². The van der Waals surface area contributed by atoms with Gasteiger partial charge in [-0.3, -0.25) is 0 Å². The van der Waals surface area contributed by atoms with Crippen molar-refractivity contribution in [3.8, 4) is 0 Å². The van der Waals surface area contributed by atoms with E-state index in [1.54, 1.807) is 0 Å². The Morgan fingerprint density at radius 1 is 2.00 bits per heavy atom. The molecule has 0 heterocycles. The molecule has 0 bridgehead atoms. The highest BCUT2D eigenvalue weighted by Gasteiger charge is 1.89. The molecule has 5 heteroatoms. The first kappa shape index (κ1) is 5.42. The SMILES string of the molecule is N=NSC(=O)O. The van der Waals surface area contributed by atoms with Crippen LogP contribution < -0.4 is 0 Å². The van der Waals surface area contributed by atoms with Gasteiger partial charge in [0.25, 0.3) is 0 Å². The molecular formula is CH2N2O2S. The van der Waals surface area contributed by atoms with Crippen molar-refractivity contribution in [2.24, 2.45) is 4.52 Å². The third-order valence-corrected chi connectivity index (χ3v) is 0.371. The van der Waals surface area contributed by atoms with Crippen LogP contribution in [0.4, 0.5) is 4.79 Å². The van der Waals surface area contributed by atoms with E-state index in [9.17, 15) is 4.79 Å². The maximum atomic E-state index is 9.35. The van der Waals surface area contributed by atoms with Crippen LogP contribution >= 0.6 is 11.9 Å². The summed E-state index contributed by atoms with van der Waals surface area (Å²) in [6.45, 7) is 0. The summed E-state index contributed by atoms with van der Waals surface area (Å²) in [5.41, 5.74) is 5.94. The first-order valence-corrected chi connectivity index (χ1v) is 1.81. The summed E-state index contributed by atoms with van der Waals surface area (Å²) in [5.74, 6) is 0. The second kappa shape index (κ2) is 2.65. The number of hydrogen-bond acceptors (Lipinski definition) is 4. The average Bonchev–Trinajstić information content (AvgIpc) is 1.35. The lowest BCUT2D eigenvalue weighted by Crippen LogP contribution is -1.75. The number of nitrogens with one attached hydrogen (secondary N) is 1. The standard InChI is InChI=1S/CH2N2O2S/c2-3-6-1(4)5/h2H,(H,4,5). The minimum absolute atomic E-state index is 0.194. The van der Waals surface area contributed by atoms with Crippen LogP contribution in [0.15, 0.2) is 4.52 Å². The highest BCUT2D eigenvalue weighted by Crippen LogP contribution is 1.98. The van der Waals surface area contributed by atoms with E-state index in [0.29, 0.717) is 0 Å². The van der Waals surface area contributed by atoms with Gasteiger partial charge in [0, 0.05) is 0 Å². The van der Waals surface area contributed by atoms with Gasteiger partial charge in [0.1, 0.15) is 11.9 Å². The number of hydrogen-bond donors (Lipinski definition) is 2. The average molecular weight is 106 g/mol. The Hall–Kier alpha value is -0.580. The molecule has 0 spiro atoms. The highest BCUT2D eigenvalue weighted by molar-refractivity contribution is 8.11. The van der Waals surface area contributed by atoms with Gasteiger partial charge in [-0.1, -0.05) is 0 Å². The minimum Gasteiger partial charge on any atom is -0.472 e. The van der Waals surface area contributed by atoms with Crippen molar-refractivity contribution in [2.45, 2.75) is 0 Å². The second-order valence-electron chi connectivity index (χ2n) is 0.448. The van der Waals surface area contributed by atoms with Crippen LogP contribution in [0.25, 0.3) is 0 Å². The summed E-state index contributed by atoms with van der Waals surface area (Å²) >= 11 is 0.194. The smallest absolute Gasteiger partial charge is 0.389 e. The summed E-state index contributed by atoms with van der Waals surface area (Å²) < 4.78 is 2.50. The molecule has 0 aliphatic heterocycles. The largest absolute Gasteiger partial charge is 0.472 e. The van der Waals surface area contributed by atoms with Crippen LogP contribution in [-0.2, 0) is 0 Å². The summed E-state index contributed by atoms with van der Waals surface area (Å²) in [6.07, 6.45) is 0. The molecule has 0 aromatic heterocycles. The molecule has 0 radical (unpaired) electrons. The Morgan fingerprint density at radius 3 is 2.50 bits per heavy atom. The number of nitrogens with zero attached hydrogens (tertiary/aromatic N) is 1. The van der Waals surface area contributed by atoms with E-state index in [1.165, 1.54) is 0 Å². The van der Waals surface area contributed by atoms with Crippen molar-refractivity contribution in [3.63, 3.8) is 0 Å². The Kier molecular flexibility index (Phi) is 2.39. The van der Waals surface area contributed by atoms with E-state index in [2.05, 4.69) is 4.52 Å². The summed E-state index contributed by atoms with van der Waals surface area (Å²) in [6, 6.07) is 0. The fraction of sp³-hybridized carbons (Fsp3) is 0. The molecule has 6 heavy (non-hydrogen) atoms.